The van der Waals surface area contributed by atoms with Crippen molar-refractivity contribution in [3.05, 3.63) is 60.8 Å². The lowest BCUT2D eigenvalue weighted by molar-refractivity contribution is -0.167. The molecule has 0 aromatic rings. The van der Waals surface area contributed by atoms with Crippen molar-refractivity contribution in [2.24, 2.45) is 0 Å². The van der Waals surface area contributed by atoms with Gasteiger partial charge in [-0.05, 0) is 103 Å². The van der Waals surface area contributed by atoms with Gasteiger partial charge in [-0.3, -0.25) is 14.4 Å². The predicted molar refractivity (Wildman–Crippen MR) is 362 cm³/mol. The van der Waals surface area contributed by atoms with Gasteiger partial charge in [0, 0.05) is 19.3 Å². The van der Waals surface area contributed by atoms with Gasteiger partial charge in [0.25, 0.3) is 0 Å². The molecule has 0 radical (unpaired) electrons. The molecule has 484 valence electrons. The lowest BCUT2D eigenvalue weighted by Crippen LogP contribution is -2.30. The zero-order chi connectivity index (χ0) is 59.9. The van der Waals surface area contributed by atoms with Crippen LogP contribution in [0.25, 0.3) is 0 Å². The maximum atomic E-state index is 13.0. The molecular weight excluding hydrogens is 1020 g/mol. The molecule has 0 saturated heterocycles. The Hall–Kier alpha value is -2.89. The van der Waals surface area contributed by atoms with Crippen LogP contribution in [-0.4, -0.2) is 37.2 Å². The fourth-order valence-electron chi connectivity index (χ4n) is 10.9. The standard InChI is InChI=1S/C77H140O6/c1-4-7-10-13-16-19-22-25-27-29-31-33-35-37-38-40-41-43-45-47-49-52-55-58-61-64-67-70-76(79)82-73-74(72-81-75(78)69-66-63-60-57-54-51-24-21-18-15-12-9-6-3)83-77(80)71-68-65-62-59-56-53-50-48-46-44-42-39-36-34-32-30-28-26-23-20-17-14-11-8-5-2/h12,15,21-22,24-25,29-32,74H,4-11,13-14,16-20,23,26-28,33-73H2,1-3H3/b15-12-,24-21-,25-22-,31-29-,32-30-. The summed E-state index contributed by atoms with van der Waals surface area (Å²) < 4.78 is 17.0. The summed E-state index contributed by atoms with van der Waals surface area (Å²) in [4.78, 5) is 38.5. The molecule has 0 aromatic carbocycles. The van der Waals surface area contributed by atoms with E-state index in [9.17, 15) is 14.4 Å². The number of hydrogen-bond acceptors (Lipinski definition) is 6. The Balaban J connectivity index is 4.22. The van der Waals surface area contributed by atoms with Gasteiger partial charge in [0.15, 0.2) is 6.10 Å². The van der Waals surface area contributed by atoms with Crippen LogP contribution in [0.15, 0.2) is 60.8 Å². The van der Waals surface area contributed by atoms with Gasteiger partial charge < -0.3 is 14.2 Å². The van der Waals surface area contributed by atoms with Crippen molar-refractivity contribution >= 4 is 17.9 Å². The highest BCUT2D eigenvalue weighted by Crippen LogP contribution is 2.18. The summed E-state index contributed by atoms with van der Waals surface area (Å²) in [5, 5.41) is 0. The molecule has 0 aliphatic carbocycles. The molecule has 0 amide bonds. The maximum absolute atomic E-state index is 13.0. The fourth-order valence-corrected chi connectivity index (χ4v) is 10.9. The molecule has 0 bridgehead atoms. The Morgan fingerprint density at radius 1 is 0.241 bits per heavy atom. The lowest BCUT2D eigenvalue weighted by Gasteiger charge is -2.18. The largest absolute Gasteiger partial charge is 0.462 e. The van der Waals surface area contributed by atoms with E-state index >= 15 is 0 Å². The van der Waals surface area contributed by atoms with Crippen molar-refractivity contribution in [1.29, 1.82) is 0 Å². The van der Waals surface area contributed by atoms with Crippen LogP contribution in [0.4, 0.5) is 0 Å². The summed E-state index contributed by atoms with van der Waals surface area (Å²) in [6, 6.07) is 0. The van der Waals surface area contributed by atoms with Crippen LogP contribution < -0.4 is 0 Å². The fraction of sp³-hybridized carbons (Fsp3) is 0.831. The van der Waals surface area contributed by atoms with Crippen LogP contribution in [0.1, 0.15) is 393 Å². The first kappa shape index (κ1) is 80.1. The van der Waals surface area contributed by atoms with Crippen LogP contribution in [0, 0.1) is 0 Å². The number of carbonyl (C=O) groups is 3. The van der Waals surface area contributed by atoms with E-state index < -0.39 is 6.10 Å². The third-order valence-electron chi connectivity index (χ3n) is 16.4. The van der Waals surface area contributed by atoms with Crippen molar-refractivity contribution in [2.45, 2.75) is 399 Å². The van der Waals surface area contributed by atoms with Crippen molar-refractivity contribution < 1.29 is 28.6 Å². The summed E-state index contributed by atoms with van der Waals surface area (Å²) >= 11 is 0. The molecule has 0 saturated carbocycles. The molecule has 0 N–H and O–H groups in total. The average Bonchev–Trinajstić information content (AvgIpc) is 3.49. The van der Waals surface area contributed by atoms with Gasteiger partial charge in [0.05, 0.1) is 0 Å². The lowest BCUT2D eigenvalue weighted by atomic mass is 10.0. The van der Waals surface area contributed by atoms with Crippen LogP contribution in [0.3, 0.4) is 0 Å². The molecule has 1 atom stereocenters. The second-order valence-electron chi connectivity index (χ2n) is 24.8. The van der Waals surface area contributed by atoms with Crippen LogP contribution in [-0.2, 0) is 28.6 Å². The zero-order valence-corrected chi connectivity index (χ0v) is 55.7. The molecule has 0 aliphatic heterocycles. The SMILES string of the molecule is CCC/C=C\C/C=C\CCCCCCCC(=O)OCC(COC(=O)CCCCCCCCCCCCCCCCC/C=C\C/C=C\CCCCCCC)OC(=O)CCCCCCCCCCCCCCC/C=C\CCCCCCCCCC. The van der Waals surface area contributed by atoms with Gasteiger partial charge in [0.1, 0.15) is 13.2 Å². The summed E-state index contributed by atoms with van der Waals surface area (Å²) in [5.74, 6) is -0.866. The number of unbranched alkanes of at least 4 members (excludes halogenated alkanes) is 47. The quantitative estimate of drug-likeness (QED) is 0.0261. The number of ether oxygens (including phenoxy) is 3. The number of rotatable bonds is 68. The van der Waals surface area contributed by atoms with Gasteiger partial charge in [-0.15, -0.1) is 0 Å². The van der Waals surface area contributed by atoms with Crippen LogP contribution >= 0.6 is 0 Å². The van der Waals surface area contributed by atoms with Gasteiger partial charge in [-0.25, -0.2) is 0 Å². The minimum atomic E-state index is -0.781. The van der Waals surface area contributed by atoms with E-state index in [1.807, 2.05) is 0 Å². The first-order chi connectivity index (χ1) is 41.0. The van der Waals surface area contributed by atoms with E-state index in [0.717, 1.165) is 89.9 Å². The summed E-state index contributed by atoms with van der Waals surface area (Å²) in [7, 11) is 0. The second kappa shape index (κ2) is 71.6. The Labute approximate surface area is 517 Å². The molecule has 1 unspecified atom stereocenters. The average molecular weight is 1160 g/mol. The Bertz CT molecular complexity index is 1470. The molecule has 6 heteroatoms. The minimum absolute atomic E-state index is 0.0754. The van der Waals surface area contributed by atoms with Crippen molar-refractivity contribution in [3.8, 4) is 0 Å². The number of esters is 3. The van der Waals surface area contributed by atoms with E-state index in [0.29, 0.717) is 19.3 Å². The van der Waals surface area contributed by atoms with Crippen molar-refractivity contribution in [3.63, 3.8) is 0 Å². The molecule has 0 fully saturated rings. The Morgan fingerprint density at radius 3 is 0.723 bits per heavy atom. The second-order valence-corrected chi connectivity index (χ2v) is 24.8. The molecule has 6 nitrogen and oxygen atoms in total. The van der Waals surface area contributed by atoms with Gasteiger partial charge >= 0.3 is 17.9 Å². The van der Waals surface area contributed by atoms with E-state index in [4.69, 9.17) is 14.2 Å². The highest BCUT2D eigenvalue weighted by Gasteiger charge is 2.19. The van der Waals surface area contributed by atoms with E-state index in [2.05, 4.69) is 81.5 Å². The smallest absolute Gasteiger partial charge is 0.306 e. The highest BCUT2D eigenvalue weighted by molar-refractivity contribution is 5.71. The maximum Gasteiger partial charge on any atom is 0.306 e. The monoisotopic (exact) mass is 1160 g/mol. The number of carbonyl (C=O) groups excluding carboxylic acids is 3. The van der Waals surface area contributed by atoms with E-state index in [-0.39, 0.29) is 31.1 Å². The molecule has 0 aliphatic rings. The highest BCUT2D eigenvalue weighted by atomic mass is 16.6. The summed E-state index contributed by atoms with van der Waals surface area (Å²) in [6.45, 7) is 6.62. The van der Waals surface area contributed by atoms with E-state index in [1.165, 1.54) is 263 Å². The van der Waals surface area contributed by atoms with Crippen LogP contribution in [0.2, 0.25) is 0 Å². The third-order valence-corrected chi connectivity index (χ3v) is 16.4. The minimum Gasteiger partial charge on any atom is -0.462 e. The van der Waals surface area contributed by atoms with Crippen molar-refractivity contribution in [2.75, 3.05) is 13.2 Å². The molecule has 0 heterocycles. The van der Waals surface area contributed by atoms with E-state index in [1.54, 1.807) is 0 Å². The van der Waals surface area contributed by atoms with Crippen molar-refractivity contribution in [1.82, 2.24) is 0 Å². The molecule has 0 aromatic heterocycles. The van der Waals surface area contributed by atoms with Gasteiger partial charge in [0.2, 0.25) is 0 Å². The number of hydrogen-bond donors (Lipinski definition) is 0. The number of allylic oxidation sites excluding steroid dienone is 10. The molecular formula is C77H140O6. The first-order valence-corrected chi connectivity index (χ1v) is 36.8. The Morgan fingerprint density at radius 2 is 0.458 bits per heavy atom. The Kier molecular flexibility index (Phi) is 69.1. The normalized spacial score (nSPS) is 12.4. The van der Waals surface area contributed by atoms with Gasteiger partial charge in [-0.1, -0.05) is 332 Å². The molecule has 0 rings (SSSR count). The molecule has 83 heavy (non-hydrogen) atoms. The summed E-state index contributed by atoms with van der Waals surface area (Å²) in [6.07, 6.45) is 92.6. The predicted octanol–water partition coefficient (Wildman–Crippen LogP) is 25.5. The van der Waals surface area contributed by atoms with Gasteiger partial charge in [-0.2, -0.15) is 0 Å². The molecule has 0 spiro atoms. The third kappa shape index (κ3) is 69.8. The first-order valence-electron chi connectivity index (χ1n) is 36.8. The summed E-state index contributed by atoms with van der Waals surface area (Å²) in [5.41, 5.74) is 0. The van der Waals surface area contributed by atoms with Crippen LogP contribution in [0.5, 0.6) is 0 Å². The topological polar surface area (TPSA) is 78.9 Å². The zero-order valence-electron chi connectivity index (χ0n) is 55.7.